The van der Waals surface area contributed by atoms with E-state index in [2.05, 4.69) is 0 Å². The number of para-hydroxylation sites is 1. The SMILES string of the molecule is O=C1OCCN1C(=O)C1C(c2ccc(F)cc2)C(c2ccc(F)cc2)=NN1c1ccccc1. The predicted octanol–water partition coefficient (Wildman–Crippen LogP) is 4.32. The third kappa shape index (κ3) is 3.84. The van der Waals surface area contributed by atoms with E-state index in [1.165, 1.54) is 24.3 Å². The van der Waals surface area contributed by atoms with Crippen LogP contribution in [0, 0.1) is 11.6 Å². The third-order valence-corrected chi connectivity index (χ3v) is 5.76. The maximum absolute atomic E-state index is 13.7. The van der Waals surface area contributed by atoms with Crippen molar-refractivity contribution in [3.63, 3.8) is 0 Å². The summed E-state index contributed by atoms with van der Waals surface area (Å²) in [7, 11) is 0. The van der Waals surface area contributed by atoms with Crippen LogP contribution >= 0.6 is 0 Å². The van der Waals surface area contributed by atoms with Gasteiger partial charge in [-0.05, 0) is 47.5 Å². The molecule has 6 nitrogen and oxygen atoms in total. The molecule has 0 radical (unpaired) electrons. The van der Waals surface area contributed by atoms with E-state index in [9.17, 15) is 18.4 Å². The second kappa shape index (κ2) is 8.46. The van der Waals surface area contributed by atoms with Gasteiger partial charge in [0, 0.05) is 0 Å². The van der Waals surface area contributed by atoms with Crippen LogP contribution < -0.4 is 5.01 Å². The van der Waals surface area contributed by atoms with Crippen molar-refractivity contribution in [2.45, 2.75) is 12.0 Å². The zero-order valence-corrected chi connectivity index (χ0v) is 17.4. The summed E-state index contributed by atoms with van der Waals surface area (Å²) in [5.41, 5.74) is 2.42. The van der Waals surface area contributed by atoms with Crippen molar-refractivity contribution in [1.82, 2.24) is 4.90 Å². The van der Waals surface area contributed by atoms with Crippen molar-refractivity contribution in [1.29, 1.82) is 0 Å². The molecule has 2 aliphatic heterocycles. The fraction of sp³-hybridized carbons (Fsp3) is 0.160. The van der Waals surface area contributed by atoms with Crippen LogP contribution in [-0.2, 0) is 9.53 Å². The number of imide groups is 1. The molecule has 3 aromatic carbocycles. The molecule has 2 aliphatic rings. The highest BCUT2D eigenvalue weighted by Gasteiger charge is 2.48. The van der Waals surface area contributed by atoms with Crippen LogP contribution in [0.25, 0.3) is 0 Å². The van der Waals surface area contributed by atoms with Crippen molar-refractivity contribution >= 4 is 23.4 Å². The minimum Gasteiger partial charge on any atom is -0.447 e. The van der Waals surface area contributed by atoms with E-state index in [1.807, 2.05) is 18.2 Å². The molecule has 33 heavy (non-hydrogen) atoms. The Balaban J connectivity index is 1.67. The van der Waals surface area contributed by atoms with Crippen molar-refractivity contribution in [3.8, 4) is 0 Å². The molecular formula is C25H19F2N3O3. The second-order valence-electron chi connectivity index (χ2n) is 7.75. The van der Waals surface area contributed by atoms with Crippen LogP contribution in [-0.4, -0.2) is 41.8 Å². The molecule has 166 valence electrons. The van der Waals surface area contributed by atoms with E-state index in [0.717, 1.165) is 4.90 Å². The number of hydrogen-bond donors (Lipinski definition) is 0. The molecule has 3 aromatic rings. The number of hydrazone groups is 1. The van der Waals surface area contributed by atoms with Crippen molar-refractivity contribution in [2.75, 3.05) is 18.2 Å². The van der Waals surface area contributed by atoms with E-state index in [4.69, 9.17) is 9.84 Å². The zero-order chi connectivity index (χ0) is 22.9. The predicted molar refractivity (Wildman–Crippen MR) is 118 cm³/mol. The number of ether oxygens (including phenoxy) is 1. The van der Waals surface area contributed by atoms with Gasteiger partial charge in [-0.1, -0.05) is 42.5 Å². The largest absolute Gasteiger partial charge is 0.447 e. The minimum atomic E-state index is -0.927. The molecule has 2 unspecified atom stereocenters. The summed E-state index contributed by atoms with van der Waals surface area (Å²) in [6.07, 6.45) is -0.707. The Morgan fingerprint density at radius 1 is 0.909 bits per heavy atom. The highest BCUT2D eigenvalue weighted by atomic mass is 19.1. The first-order valence-corrected chi connectivity index (χ1v) is 10.5. The molecule has 8 heteroatoms. The smallest absolute Gasteiger partial charge is 0.416 e. The van der Waals surface area contributed by atoms with Gasteiger partial charge in [-0.2, -0.15) is 5.10 Å². The molecule has 5 rings (SSSR count). The quantitative estimate of drug-likeness (QED) is 0.598. The lowest BCUT2D eigenvalue weighted by Gasteiger charge is -2.29. The molecule has 2 atom stereocenters. The number of rotatable bonds is 4. The first kappa shape index (κ1) is 20.8. The number of hydrogen-bond acceptors (Lipinski definition) is 5. The number of nitrogens with zero attached hydrogens (tertiary/aromatic N) is 3. The van der Waals surface area contributed by atoms with E-state index < -0.39 is 35.6 Å². The van der Waals surface area contributed by atoms with Crippen LogP contribution in [0.2, 0.25) is 0 Å². The lowest BCUT2D eigenvalue weighted by molar-refractivity contribution is -0.129. The second-order valence-corrected chi connectivity index (χ2v) is 7.75. The van der Waals surface area contributed by atoms with Crippen LogP contribution in [0.4, 0.5) is 19.3 Å². The topological polar surface area (TPSA) is 62.2 Å². The summed E-state index contributed by atoms with van der Waals surface area (Å²) < 4.78 is 32.3. The summed E-state index contributed by atoms with van der Waals surface area (Å²) in [5.74, 6) is -1.93. The van der Waals surface area contributed by atoms with Gasteiger partial charge in [0.2, 0.25) is 0 Å². The highest BCUT2D eigenvalue weighted by Crippen LogP contribution is 2.38. The van der Waals surface area contributed by atoms with Crippen molar-refractivity contribution in [3.05, 3.63) is 102 Å². The lowest BCUT2D eigenvalue weighted by atomic mass is 9.84. The maximum atomic E-state index is 13.7. The monoisotopic (exact) mass is 447 g/mol. The number of benzene rings is 3. The molecule has 0 bridgehead atoms. The first-order chi connectivity index (χ1) is 16.0. The molecule has 2 amide bonds. The van der Waals surface area contributed by atoms with Gasteiger partial charge in [0.1, 0.15) is 24.3 Å². The van der Waals surface area contributed by atoms with Gasteiger partial charge in [0.05, 0.1) is 23.9 Å². The molecule has 2 heterocycles. The van der Waals surface area contributed by atoms with Gasteiger partial charge >= 0.3 is 6.09 Å². The number of amides is 2. The molecule has 0 N–H and O–H groups in total. The number of cyclic esters (lactones) is 1. The van der Waals surface area contributed by atoms with Gasteiger partial charge in [0.15, 0.2) is 0 Å². The molecule has 1 fully saturated rings. The summed E-state index contributed by atoms with van der Waals surface area (Å²) in [6, 6.07) is 19.8. The maximum Gasteiger partial charge on any atom is 0.416 e. The van der Waals surface area contributed by atoms with E-state index in [1.54, 1.807) is 41.4 Å². The Kier molecular flexibility index (Phi) is 5.34. The average Bonchev–Trinajstić information content (AvgIpc) is 3.44. The Morgan fingerprint density at radius 2 is 1.55 bits per heavy atom. The van der Waals surface area contributed by atoms with Crippen LogP contribution in [0.5, 0.6) is 0 Å². The zero-order valence-electron chi connectivity index (χ0n) is 17.4. The summed E-state index contributed by atoms with van der Waals surface area (Å²) >= 11 is 0. The first-order valence-electron chi connectivity index (χ1n) is 10.5. The van der Waals surface area contributed by atoms with Crippen LogP contribution in [0.15, 0.2) is 84.0 Å². The summed E-state index contributed by atoms with van der Waals surface area (Å²) in [6.45, 7) is 0.258. The lowest BCUT2D eigenvalue weighted by Crippen LogP contribution is -2.48. The van der Waals surface area contributed by atoms with Gasteiger partial charge in [0.25, 0.3) is 5.91 Å². The Morgan fingerprint density at radius 3 is 2.15 bits per heavy atom. The van der Waals surface area contributed by atoms with Crippen molar-refractivity contribution in [2.24, 2.45) is 5.10 Å². The number of halogens is 2. The molecule has 0 aromatic heterocycles. The fourth-order valence-corrected chi connectivity index (χ4v) is 4.20. The van der Waals surface area contributed by atoms with E-state index in [-0.39, 0.29) is 13.2 Å². The number of carbonyl (C=O) groups excluding carboxylic acids is 2. The molecule has 0 aliphatic carbocycles. The Bertz CT molecular complexity index is 1210. The number of anilines is 1. The fourth-order valence-electron chi connectivity index (χ4n) is 4.20. The third-order valence-electron chi connectivity index (χ3n) is 5.76. The minimum absolute atomic E-state index is 0.121. The number of carbonyl (C=O) groups is 2. The molecule has 0 saturated carbocycles. The van der Waals surface area contributed by atoms with Crippen LogP contribution in [0.1, 0.15) is 17.0 Å². The normalized spacial score (nSPS) is 20.1. The van der Waals surface area contributed by atoms with Crippen LogP contribution in [0.3, 0.4) is 0 Å². The Hall–Kier alpha value is -4.07. The molecular weight excluding hydrogens is 428 g/mol. The van der Waals surface area contributed by atoms with E-state index >= 15 is 0 Å². The van der Waals surface area contributed by atoms with Gasteiger partial charge in [-0.3, -0.25) is 9.80 Å². The highest BCUT2D eigenvalue weighted by molar-refractivity contribution is 6.13. The van der Waals surface area contributed by atoms with Gasteiger partial charge in [-0.25, -0.2) is 18.5 Å². The summed E-state index contributed by atoms with van der Waals surface area (Å²) in [4.78, 5) is 27.0. The van der Waals surface area contributed by atoms with Crippen molar-refractivity contribution < 1.29 is 23.1 Å². The van der Waals surface area contributed by atoms with E-state index in [0.29, 0.717) is 22.5 Å². The summed E-state index contributed by atoms with van der Waals surface area (Å²) in [5, 5.41) is 6.34. The standard InChI is InChI=1S/C25H19F2N3O3/c26-18-10-6-16(7-11-18)21-22(17-8-12-19(27)13-9-17)28-30(20-4-2-1-3-5-20)23(21)24(31)29-14-15-33-25(29)32/h1-13,21,23H,14-15H2. The average molecular weight is 447 g/mol. The van der Waals surface area contributed by atoms with Gasteiger partial charge < -0.3 is 4.74 Å². The Labute approximate surface area is 188 Å². The molecule has 0 spiro atoms. The van der Waals surface area contributed by atoms with Gasteiger partial charge in [-0.15, -0.1) is 0 Å². The molecule has 1 saturated heterocycles.